The van der Waals surface area contributed by atoms with Gasteiger partial charge in [-0.3, -0.25) is 0 Å². The van der Waals surface area contributed by atoms with Crippen LogP contribution >= 0.6 is 15.9 Å². The highest BCUT2D eigenvalue weighted by Gasteiger charge is 2.04. The Labute approximate surface area is 106 Å². The van der Waals surface area contributed by atoms with Crippen LogP contribution in [-0.4, -0.2) is 6.61 Å². The molecule has 1 nitrogen and oxygen atoms in total. The molecule has 0 heterocycles. The summed E-state index contributed by atoms with van der Waals surface area (Å²) in [4.78, 5) is 0. The van der Waals surface area contributed by atoms with Crippen LogP contribution in [0, 0.1) is 0 Å². The molecule has 1 saturated carbocycles. The summed E-state index contributed by atoms with van der Waals surface area (Å²) in [6.45, 7) is 0.783. The molecule has 0 aliphatic heterocycles. The van der Waals surface area contributed by atoms with Gasteiger partial charge >= 0.3 is 0 Å². The average Bonchev–Trinajstić information content (AvgIpc) is 2.80. The third kappa shape index (κ3) is 3.67. The molecule has 0 bridgehead atoms. The van der Waals surface area contributed by atoms with Gasteiger partial charge in [-0.2, -0.15) is 0 Å². The van der Waals surface area contributed by atoms with Crippen molar-refractivity contribution >= 4 is 15.9 Å². The summed E-state index contributed by atoms with van der Waals surface area (Å²) in [5.41, 5.74) is 1.62. The van der Waals surface area contributed by atoms with Crippen LogP contribution in [0.2, 0.25) is 0 Å². The Morgan fingerprint density at radius 2 is 1.81 bits per heavy atom. The summed E-state index contributed by atoms with van der Waals surface area (Å²) in [6, 6.07) is 8.00. The number of rotatable bonds is 4. The zero-order valence-corrected chi connectivity index (χ0v) is 11.0. The number of benzene rings is 1. The van der Waals surface area contributed by atoms with Gasteiger partial charge in [0.25, 0.3) is 0 Å². The highest BCUT2D eigenvalue weighted by atomic mass is 79.9. The van der Waals surface area contributed by atoms with E-state index < -0.39 is 0 Å². The fourth-order valence-corrected chi connectivity index (χ4v) is 2.27. The summed E-state index contributed by atoms with van der Waals surface area (Å²) in [5.74, 6) is 0.952. The molecule has 0 amide bonds. The molecular weight excluding hydrogens is 264 g/mol. The van der Waals surface area contributed by atoms with Gasteiger partial charge in [0, 0.05) is 4.47 Å². The Morgan fingerprint density at radius 1 is 1.12 bits per heavy atom. The van der Waals surface area contributed by atoms with Crippen LogP contribution in [0.4, 0.5) is 0 Å². The quantitative estimate of drug-likeness (QED) is 0.573. The molecule has 0 atom stereocenters. The molecule has 1 aromatic rings. The first-order chi connectivity index (χ1) is 7.84. The summed E-state index contributed by atoms with van der Waals surface area (Å²) < 4.78 is 6.75. The van der Waals surface area contributed by atoms with E-state index in [1.807, 2.05) is 24.3 Å². The molecule has 2 rings (SSSR count). The van der Waals surface area contributed by atoms with E-state index in [9.17, 15) is 0 Å². The van der Waals surface area contributed by atoms with Gasteiger partial charge in [0.15, 0.2) is 0 Å². The van der Waals surface area contributed by atoms with Gasteiger partial charge in [0.1, 0.15) is 5.75 Å². The highest BCUT2D eigenvalue weighted by molar-refractivity contribution is 9.10. The van der Waals surface area contributed by atoms with E-state index in [4.69, 9.17) is 4.74 Å². The molecule has 0 N–H and O–H groups in total. The highest BCUT2D eigenvalue weighted by Crippen LogP contribution is 2.24. The average molecular weight is 281 g/mol. The molecule has 1 fully saturated rings. The molecule has 1 aromatic carbocycles. The van der Waals surface area contributed by atoms with Crippen LogP contribution in [0.25, 0.3) is 0 Å². The van der Waals surface area contributed by atoms with E-state index in [-0.39, 0.29) is 0 Å². The topological polar surface area (TPSA) is 9.23 Å². The Morgan fingerprint density at radius 3 is 2.50 bits per heavy atom. The minimum atomic E-state index is 0.783. The maximum atomic E-state index is 5.66. The predicted molar refractivity (Wildman–Crippen MR) is 70.8 cm³/mol. The number of allylic oxidation sites excluding steroid dienone is 1. The minimum Gasteiger partial charge on any atom is -0.493 e. The van der Waals surface area contributed by atoms with Crippen molar-refractivity contribution in [2.75, 3.05) is 6.61 Å². The summed E-state index contributed by atoms with van der Waals surface area (Å²) in [5, 5.41) is 0. The molecule has 1 aliphatic carbocycles. The number of hydrogen-bond donors (Lipinski definition) is 0. The van der Waals surface area contributed by atoms with E-state index in [0.29, 0.717) is 0 Å². The molecular formula is C14H17BrO. The van der Waals surface area contributed by atoms with Gasteiger partial charge < -0.3 is 4.74 Å². The van der Waals surface area contributed by atoms with Crippen molar-refractivity contribution in [3.8, 4) is 5.75 Å². The molecule has 16 heavy (non-hydrogen) atoms. The first kappa shape index (κ1) is 11.7. The fourth-order valence-electron chi connectivity index (χ4n) is 2.00. The SMILES string of the molecule is Brc1ccc(OCCC=C2CCCC2)cc1. The summed E-state index contributed by atoms with van der Waals surface area (Å²) >= 11 is 3.41. The lowest BCUT2D eigenvalue weighted by Crippen LogP contribution is -1.95. The second-order valence-electron chi connectivity index (χ2n) is 4.16. The van der Waals surface area contributed by atoms with Gasteiger partial charge in [0.2, 0.25) is 0 Å². The summed E-state index contributed by atoms with van der Waals surface area (Å²) in [7, 11) is 0. The lowest BCUT2D eigenvalue weighted by atomic mass is 10.2. The van der Waals surface area contributed by atoms with E-state index in [2.05, 4.69) is 22.0 Å². The minimum absolute atomic E-state index is 0.783. The van der Waals surface area contributed by atoms with Gasteiger partial charge in [-0.1, -0.05) is 27.6 Å². The predicted octanol–water partition coefficient (Wildman–Crippen LogP) is 4.72. The van der Waals surface area contributed by atoms with Gasteiger partial charge in [-0.25, -0.2) is 0 Å². The smallest absolute Gasteiger partial charge is 0.119 e. The van der Waals surface area contributed by atoms with Crippen LogP contribution in [0.3, 0.4) is 0 Å². The molecule has 0 saturated heterocycles. The second kappa shape index (κ2) is 6.09. The molecule has 0 radical (unpaired) electrons. The van der Waals surface area contributed by atoms with Crippen molar-refractivity contribution in [3.05, 3.63) is 40.4 Å². The zero-order valence-electron chi connectivity index (χ0n) is 9.42. The number of ether oxygens (including phenoxy) is 1. The maximum Gasteiger partial charge on any atom is 0.119 e. The van der Waals surface area contributed by atoms with E-state index in [1.54, 1.807) is 5.57 Å². The molecule has 0 spiro atoms. The first-order valence-corrected chi connectivity index (χ1v) is 6.70. The Kier molecular flexibility index (Phi) is 4.46. The Balaban J connectivity index is 1.71. The van der Waals surface area contributed by atoms with E-state index in [0.717, 1.165) is 23.2 Å². The van der Waals surface area contributed by atoms with Crippen LogP contribution in [0.15, 0.2) is 40.4 Å². The van der Waals surface area contributed by atoms with Crippen LogP contribution in [-0.2, 0) is 0 Å². The summed E-state index contributed by atoms with van der Waals surface area (Å²) in [6.07, 6.45) is 8.74. The fraction of sp³-hybridized carbons (Fsp3) is 0.429. The second-order valence-corrected chi connectivity index (χ2v) is 5.08. The molecule has 2 heteroatoms. The maximum absolute atomic E-state index is 5.66. The standard InChI is InChI=1S/C14H17BrO/c15-13-7-9-14(10-8-13)16-11-3-6-12-4-1-2-5-12/h6-10H,1-5,11H2. The largest absolute Gasteiger partial charge is 0.493 e. The Bertz CT molecular complexity index is 346. The number of hydrogen-bond acceptors (Lipinski definition) is 1. The third-order valence-corrected chi connectivity index (χ3v) is 3.41. The lowest BCUT2D eigenvalue weighted by Gasteiger charge is -2.04. The van der Waals surface area contributed by atoms with E-state index in [1.165, 1.54) is 25.7 Å². The van der Waals surface area contributed by atoms with Crippen molar-refractivity contribution in [2.45, 2.75) is 32.1 Å². The van der Waals surface area contributed by atoms with Gasteiger partial charge in [-0.15, -0.1) is 0 Å². The van der Waals surface area contributed by atoms with Crippen molar-refractivity contribution < 1.29 is 4.74 Å². The van der Waals surface area contributed by atoms with Crippen LogP contribution < -0.4 is 4.74 Å². The molecule has 1 aliphatic rings. The molecule has 0 aromatic heterocycles. The zero-order chi connectivity index (χ0) is 11.2. The first-order valence-electron chi connectivity index (χ1n) is 5.91. The van der Waals surface area contributed by atoms with Crippen molar-refractivity contribution in [2.24, 2.45) is 0 Å². The third-order valence-electron chi connectivity index (χ3n) is 2.88. The monoisotopic (exact) mass is 280 g/mol. The molecule has 0 unspecified atom stereocenters. The van der Waals surface area contributed by atoms with Gasteiger partial charge in [0.05, 0.1) is 6.61 Å². The molecule has 86 valence electrons. The van der Waals surface area contributed by atoms with Crippen molar-refractivity contribution in [1.82, 2.24) is 0 Å². The normalized spacial score (nSPS) is 15.2. The van der Waals surface area contributed by atoms with Crippen LogP contribution in [0.1, 0.15) is 32.1 Å². The van der Waals surface area contributed by atoms with Crippen molar-refractivity contribution in [3.63, 3.8) is 0 Å². The van der Waals surface area contributed by atoms with Crippen molar-refractivity contribution in [1.29, 1.82) is 0 Å². The van der Waals surface area contributed by atoms with E-state index >= 15 is 0 Å². The Hall–Kier alpha value is -0.760. The van der Waals surface area contributed by atoms with Crippen LogP contribution in [0.5, 0.6) is 5.75 Å². The lowest BCUT2D eigenvalue weighted by molar-refractivity contribution is 0.324. The number of halogens is 1. The van der Waals surface area contributed by atoms with Gasteiger partial charge in [-0.05, 0) is 56.4 Å².